The van der Waals surface area contributed by atoms with E-state index in [1.54, 1.807) is 0 Å². The number of carboxylic acid groups (broad SMARTS) is 1. The van der Waals surface area contributed by atoms with Crippen molar-refractivity contribution in [2.45, 2.75) is 26.4 Å². The lowest BCUT2D eigenvalue weighted by Crippen LogP contribution is -2.40. The molecule has 0 spiro atoms. The highest BCUT2D eigenvalue weighted by Gasteiger charge is 2.21. The van der Waals surface area contributed by atoms with Crippen LogP contribution >= 0.6 is 15.9 Å². The monoisotopic (exact) mass is 343 g/mol. The summed E-state index contributed by atoms with van der Waals surface area (Å²) < 4.78 is 11.9. The van der Waals surface area contributed by atoms with Gasteiger partial charge in [-0.25, -0.2) is 0 Å². The Labute approximate surface area is 126 Å². The summed E-state index contributed by atoms with van der Waals surface area (Å²) in [6.45, 7) is 5.29. The fourth-order valence-corrected chi connectivity index (χ4v) is 2.71. The predicted molar refractivity (Wildman–Crippen MR) is 78.2 cm³/mol. The molecule has 0 aromatic heterocycles. The van der Waals surface area contributed by atoms with Crippen molar-refractivity contribution in [3.8, 4) is 11.5 Å². The summed E-state index contributed by atoms with van der Waals surface area (Å²) in [6.07, 6.45) is 0. The first-order valence-corrected chi connectivity index (χ1v) is 7.32. The molecule has 0 aliphatic carbocycles. The third-order valence-electron chi connectivity index (χ3n) is 3.12. The van der Waals surface area contributed by atoms with Gasteiger partial charge >= 0.3 is 5.97 Å². The normalized spacial score (nSPS) is 15.2. The number of hydrogen-bond acceptors (Lipinski definition) is 4. The van der Waals surface area contributed by atoms with E-state index >= 15 is 0 Å². The van der Waals surface area contributed by atoms with E-state index in [9.17, 15) is 4.79 Å². The molecule has 6 heteroatoms. The average molecular weight is 344 g/mol. The molecular formula is C14H18BrNO4. The molecule has 0 fully saturated rings. The van der Waals surface area contributed by atoms with Crippen LogP contribution in [0, 0.1) is 5.92 Å². The molecule has 0 radical (unpaired) electrons. The second-order valence-corrected chi connectivity index (χ2v) is 5.90. The summed E-state index contributed by atoms with van der Waals surface area (Å²) in [5.41, 5.74) is 0.952. The van der Waals surface area contributed by atoms with E-state index in [1.165, 1.54) is 0 Å². The molecule has 0 bridgehead atoms. The van der Waals surface area contributed by atoms with E-state index in [2.05, 4.69) is 21.2 Å². The second-order valence-electron chi connectivity index (χ2n) is 5.04. The van der Waals surface area contributed by atoms with Crippen molar-refractivity contribution >= 4 is 21.9 Å². The van der Waals surface area contributed by atoms with Crippen LogP contribution in [0.5, 0.6) is 11.5 Å². The lowest BCUT2D eigenvalue weighted by atomic mass is 10.0. The molecule has 1 aliphatic rings. The van der Waals surface area contributed by atoms with Gasteiger partial charge in [-0.3, -0.25) is 4.79 Å². The molecule has 0 amide bonds. The Morgan fingerprint density at radius 1 is 1.40 bits per heavy atom. The summed E-state index contributed by atoms with van der Waals surface area (Å²) in [6, 6.07) is 3.23. The van der Waals surface area contributed by atoms with Crippen LogP contribution in [-0.2, 0) is 11.3 Å². The summed E-state index contributed by atoms with van der Waals surface area (Å²) in [7, 11) is 0. The van der Waals surface area contributed by atoms with E-state index in [-0.39, 0.29) is 5.92 Å². The third kappa shape index (κ3) is 3.43. The van der Waals surface area contributed by atoms with Crippen LogP contribution in [0.3, 0.4) is 0 Å². The maximum Gasteiger partial charge on any atom is 0.320 e. The van der Waals surface area contributed by atoms with Crippen molar-refractivity contribution < 1.29 is 19.4 Å². The molecule has 0 saturated carbocycles. The molecule has 1 aromatic rings. The minimum atomic E-state index is -0.836. The van der Waals surface area contributed by atoms with Gasteiger partial charge in [-0.2, -0.15) is 0 Å². The van der Waals surface area contributed by atoms with E-state index in [4.69, 9.17) is 14.6 Å². The van der Waals surface area contributed by atoms with Crippen molar-refractivity contribution in [3.05, 3.63) is 22.2 Å². The molecule has 1 aliphatic heterocycles. The topological polar surface area (TPSA) is 67.8 Å². The number of rotatable bonds is 5. The smallest absolute Gasteiger partial charge is 0.320 e. The molecule has 1 atom stereocenters. The summed E-state index contributed by atoms with van der Waals surface area (Å²) in [5.74, 6) is 0.585. The van der Waals surface area contributed by atoms with Gasteiger partial charge in [0.25, 0.3) is 0 Å². The lowest BCUT2D eigenvalue weighted by molar-refractivity contribution is -0.140. The number of carboxylic acids is 1. The molecule has 2 rings (SSSR count). The number of halogens is 1. The molecule has 0 unspecified atom stereocenters. The molecular weight excluding hydrogens is 326 g/mol. The van der Waals surface area contributed by atoms with Gasteiger partial charge in [0.05, 0.1) is 4.47 Å². The molecule has 5 nitrogen and oxygen atoms in total. The fraction of sp³-hybridized carbons (Fsp3) is 0.500. The van der Waals surface area contributed by atoms with Gasteiger partial charge in [0.15, 0.2) is 11.5 Å². The number of aliphatic carboxylic acids is 1. The summed E-state index contributed by atoms with van der Waals surface area (Å²) >= 11 is 3.45. The van der Waals surface area contributed by atoms with Gasteiger partial charge in [-0.1, -0.05) is 13.8 Å². The van der Waals surface area contributed by atoms with Crippen LogP contribution < -0.4 is 14.8 Å². The molecule has 1 aromatic carbocycles. The molecule has 20 heavy (non-hydrogen) atoms. The number of ether oxygens (including phenoxy) is 2. The van der Waals surface area contributed by atoms with Crippen molar-refractivity contribution in [1.82, 2.24) is 5.32 Å². The zero-order valence-corrected chi connectivity index (χ0v) is 13.1. The number of carbonyl (C=O) groups is 1. The Kier molecular flexibility index (Phi) is 4.88. The summed E-state index contributed by atoms with van der Waals surface area (Å²) in [5, 5.41) is 12.2. The van der Waals surface area contributed by atoms with Crippen molar-refractivity contribution in [3.63, 3.8) is 0 Å². The standard InChI is InChI=1S/C14H18BrNO4/c1-8(2)12(14(17)18)16-7-9-5-10(15)13-11(6-9)19-3-4-20-13/h5-6,8,12,16H,3-4,7H2,1-2H3,(H,17,18)/t12-/m1/s1. The summed E-state index contributed by atoms with van der Waals surface area (Å²) in [4.78, 5) is 11.1. The fourth-order valence-electron chi connectivity index (χ4n) is 2.10. The van der Waals surface area contributed by atoms with Crippen LogP contribution in [0.1, 0.15) is 19.4 Å². The first kappa shape index (κ1) is 15.1. The number of nitrogens with one attached hydrogen (secondary N) is 1. The van der Waals surface area contributed by atoms with Gasteiger partial charge < -0.3 is 19.9 Å². The SMILES string of the molecule is CC(C)[C@@H](NCc1cc(Br)c2c(c1)OCCO2)C(=O)O. The Hall–Kier alpha value is -1.27. The largest absolute Gasteiger partial charge is 0.486 e. The molecule has 2 N–H and O–H groups in total. The Balaban J connectivity index is 2.10. The van der Waals surface area contributed by atoms with Gasteiger partial charge in [0, 0.05) is 6.54 Å². The van der Waals surface area contributed by atoms with E-state index < -0.39 is 12.0 Å². The highest BCUT2D eigenvalue weighted by molar-refractivity contribution is 9.10. The van der Waals surface area contributed by atoms with Crippen LogP contribution in [0.15, 0.2) is 16.6 Å². The van der Waals surface area contributed by atoms with Crippen LogP contribution in [0.25, 0.3) is 0 Å². The predicted octanol–water partition coefficient (Wildman–Crippen LogP) is 2.42. The van der Waals surface area contributed by atoms with Gasteiger partial charge in [0.2, 0.25) is 0 Å². The van der Waals surface area contributed by atoms with Gasteiger partial charge in [-0.15, -0.1) is 0 Å². The Morgan fingerprint density at radius 2 is 2.10 bits per heavy atom. The maximum absolute atomic E-state index is 11.1. The molecule has 0 saturated heterocycles. The van der Waals surface area contributed by atoms with Crippen molar-refractivity contribution in [1.29, 1.82) is 0 Å². The van der Waals surface area contributed by atoms with Crippen LogP contribution in [0.2, 0.25) is 0 Å². The third-order valence-corrected chi connectivity index (χ3v) is 3.70. The van der Waals surface area contributed by atoms with Gasteiger partial charge in [0.1, 0.15) is 19.3 Å². The average Bonchev–Trinajstić information content (AvgIpc) is 2.38. The molecule has 110 valence electrons. The first-order chi connectivity index (χ1) is 9.49. The van der Waals surface area contributed by atoms with E-state index in [1.807, 2.05) is 26.0 Å². The highest BCUT2D eigenvalue weighted by Crippen LogP contribution is 2.38. The van der Waals surface area contributed by atoms with E-state index in [0.717, 1.165) is 10.0 Å². The van der Waals surface area contributed by atoms with Crippen LogP contribution in [-0.4, -0.2) is 30.3 Å². The highest BCUT2D eigenvalue weighted by atomic mass is 79.9. The minimum absolute atomic E-state index is 0.0214. The van der Waals surface area contributed by atoms with Crippen molar-refractivity contribution in [2.24, 2.45) is 5.92 Å². The quantitative estimate of drug-likeness (QED) is 0.859. The van der Waals surface area contributed by atoms with E-state index in [0.29, 0.717) is 31.3 Å². The number of hydrogen-bond donors (Lipinski definition) is 2. The minimum Gasteiger partial charge on any atom is -0.486 e. The maximum atomic E-state index is 11.1. The molecule has 1 heterocycles. The zero-order chi connectivity index (χ0) is 14.7. The first-order valence-electron chi connectivity index (χ1n) is 6.53. The number of fused-ring (bicyclic) bond motifs is 1. The lowest BCUT2D eigenvalue weighted by Gasteiger charge is -2.22. The number of benzene rings is 1. The zero-order valence-electron chi connectivity index (χ0n) is 11.5. The van der Waals surface area contributed by atoms with Gasteiger partial charge in [-0.05, 0) is 39.5 Å². The Bertz CT molecular complexity index is 504. The van der Waals surface area contributed by atoms with Crippen LogP contribution in [0.4, 0.5) is 0 Å². The Morgan fingerprint density at radius 3 is 2.75 bits per heavy atom. The second kappa shape index (κ2) is 6.45. The van der Waals surface area contributed by atoms with Crippen molar-refractivity contribution in [2.75, 3.05) is 13.2 Å².